The Kier molecular flexibility index (Phi) is 5.10. The summed E-state index contributed by atoms with van der Waals surface area (Å²) in [5, 5.41) is 11.5. The van der Waals surface area contributed by atoms with Crippen molar-refractivity contribution >= 4 is 15.9 Å². The van der Waals surface area contributed by atoms with Gasteiger partial charge in [0.2, 0.25) is 11.8 Å². The van der Waals surface area contributed by atoms with Gasteiger partial charge in [0.25, 0.3) is 0 Å². The molecular formula is C14H18BrN3O. The average Bonchev–Trinajstić information content (AvgIpc) is 2.87. The molecule has 0 unspecified atom stereocenters. The predicted molar refractivity (Wildman–Crippen MR) is 79.0 cm³/mol. The van der Waals surface area contributed by atoms with Crippen LogP contribution in [-0.2, 0) is 6.42 Å². The zero-order chi connectivity index (χ0) is 13.7. The minimum atomic E-state index is 0.595. The first-order valence-corrected chi connectivity index (χ1v) is 7.30. The summed E-state index contributed by atoms with van der Waals surface area (Å²) in [5.74, 6) is 1.30. The summed E-state index contributed by atoms with van der Waals surface area (Å²) >= 11 is 3.51. The molecule has 0 atom stereocenters. The highest BCUT2D eigenvalue weighted by atomic mass is 79.9. The molecule has 0 aliphatic carbocycles. The lowest BCUT2D eigenvalue weighted by molar-refractivity contribution is 0.492. The first kappa shape index (κ1) is 14.2. The minimum absolute atomic E-state index is 0.595. The largest absolute Gasteiger partial charge is 0.421 e. The molecule has 4 nitrogen and oxygen atoms in total. The van der Waals surface area contributed by atoms with Gasteiger partial charge >= 0.3 is 0 Å². The second kappa shape index (κ2) is 6.82. The maximum absolute atomic E-state index is 5.71. The van der Waals surface area contributed by atoms with Gasteiger partial charge < -0.3 is 9.73 Å². The molecule has 5 heteroatoms. The summed E-state index contributed by atoms with van der Waals surface area (Å²) in [6.07, 6.45) is 1.82. The Morgan fingerprint density at radius 3 is 2.95 bits per heavy atom. The van der Waals surface area contributed by atoms with Crippen molar-refractivity contribution in [2.24, 2.45) is 0 Å². The Bertz CT molecular complexity index is 539. The van der Waals surface area contributed by atoms with Crippen molar-refractivity contribution in [2.45, 2.75) is 26.7 Å². The molecular weight excluding hydrogens is 306 g/mol. The second-order valence-corrected chi connectivity index (χ2v) is 5.22. The standard InChI is InChI=1S/C14H18BrN3O/c1-3-16-9-5-8-13-17-18-14(19-13)11-6-4-7-12(15)10(11)2/h4,6-7,16H,3,5,8-9H2,1-2H3. The first-order chi connectivity index (χ1) is 9.22. The molecule has 0 amide bonds. The van der Waals surface area contributed by atoms with Crippen molar-refractivity contribution in [1.82, 2.24) is 15.5 Å². The Labute approximate surface area is 121 Å². The number of benzene rings is 1. The predicted octanol–water partition coefficient (Wildman–Crippen LogP) is 3.35. The zero-order valence-corrected chi connectivity index (χ0v) is 12.8. The highest BCUT2D eigenvalue weighted by Crippen LogP contribution is 2.27. The summed E-state index contributed by atoms with van der Waals surface area (Å²) in [4.78, 5) is 0. The van der Waals surface area contributed by atoms with Gasteiger partial charge in [0, 0.05) is 16.5 Å². The zero-order valence-electron chi connectivity index (χ0n) is 11.2. The number of hydrogen-bond donors (Lipinski definition) is 1. The monoisotopic (exact) mass is 323 g/mol. The molecule has 0 radical (unpaired) electrons. The van der Waals surface area contributed by atoms with Gasteiger partial charge in [-0.3, -0.25) is 0 Å². The summed E-state index contributed by atoms with van der Waals surface area (Å²) < 4.78 is 6.77. The smallest absolute Gasteiger partial charge is 0.248 e. The molecule has 1 aromatic heterocycles. The van der Waals surface area contributed by atoms with Crippen molar-refractivity contribution in [1.29, 1.82) is 0 Å². The van der Waals surface area contributed by atoms with Gasteiger partial charge in [-0.1, -0.05) is 28.9 Å². The molecule has 0 fully saturated rings. The minimum Gasteiger partial charge on any atom is -0.421 e. The molecule has 0 aliphatic rings. The van der Waals surface area contributed by atoms with Crippen LogP contribution >= 0.6 is 15.9 Å². The molecule has 19 heavy (non-hydrogen) atoms. The van der Waals surface area contributed by atoms with Gasteiger partial charge in [-0.2, -0.15) is 0 Å². The van der Waals surface area contributed by atoms with Crippen LogP contribution in [0.2, 0.25) is 0 Å². The SMILES string of the molecule is CCNCCCc1nnc(-c2cccc(Br)c2C)o1. The van der Waals surface area contributed by atoms with Crippen LogP contribution in [-0.4, -0.2) is 23.3 Å². The normalized spacial score (nSPS) is 10.9. The van der Waals surface area contributed by atoms with E-state index in [1.165, 1.54) is 0 Å². The summed E-state index contributed by atoms with van der Waals surface area (Å²) in [7, 11) is 0. The summed E-state index contributed by atoms with van der Waals surface area (Å²) in [6, 6.07) is 5.98. The topological polar surface area (TPSA) is 51.0 Å². The lowest BCUT2D eigenvalue weighted by Crippen LogP contribution is -2.14. The molecule has 0 spiro atoms. The number of hydrogen-bond acceptors (Lipinski definition) is 4. The number of aryl methyl sites for hydroxylation is 1. The van der Waals surface area contributed by atoms with Gasteiger partial charge in [0.05, 0.1) is 0 Å². The van der Waals surface area contributed by atoms with Crippen molar-refractivity contribution in [3.8, 4) is 11.5 Å². The van der Waals surface area contributed by atoms with Gasteiger partial charge in [0.1, 0.15) is 0 Å². The van der Waals surface area contributed by atoms with Crippen LogP contribution in [0.1, 0.15) is 24.8 Å². The fourth-order valence-corrected chi connectivity index (χ4v) is 2.21. The van der Waals surface area contributed by atoms with Crippen molar-refractivity contribution in [2.75, 3.05) is 13.1 Å². The third kappa shape index (κ3) is 3.64. The molecule has 0 saturated carbocycles. The van der Waals surface area contributed by atoms with Gasteiger partial charge in [-0.25, -0.2) is 0 Å². The first-order valence-electron chi connectivity index (χ1n) is 6.51. The van der Waals surface area contributed by atoms with E-state index in [9.17, 15) is 0 Å². The molecule has 0 bridgehead atoms. The Morgan fingerprint density at radius 1 is 1.32 bits per heavy atom. The van der Waals surface area contributed by atoms with Crippen LogP contribution < -0.4 is 5.32 Å². The van der Waals surface area contributed by atoms with E-state index in [2.05, 4.69) is 38.4 Å². The van der Waals surface area contributed by atoms with E-state index in [1.807, 2.05) is 25.1 Å². The van der Waals surface area contributed by atoms with E-state index in [0.29, 0.717) is 11.8 Å². The Hall–Kier alpha value is -1.20. The second-order valence-electron chi connectivity index (χ2n) is 4.37. The van der Waals surface area contributed by atoms with Crippen molar-refractivity contribution in [3.63, 3.8) is 0 Å². The van der Waals surface area contributed by atoms with E-state index >= 15 is 0 Å². The quantitative estimate of drug-likeness (QED) is 0.828. The Balaban J connectivity index is 2.06. The lowest BCUT2D eigenvalue weighted by atomic mass is 10.1. The van der Waals surface area contributed by atoms with Gasteiger partial charge in [0.15, 0.2) is 0 Å². The maximum Gasteiger partial charge on any atom is 0.248 e. The van der Waals surface area contributed by atoms with Crippen LogP contribution in [0, 0.1) is 6.92 Å². The fraction of sp³-hybridized carbons (Fsp3) is 0.429. The van der Waals surface area contributed by atoms with E-state index in [0.717, 1.165) is 41.5 Å². The summed E-state index contributed by atoms with van der Waals surface area (Å²) in [5.41, 5.74) is 2.10. The number of aromatic nitrogens is 2. The van der Waals surface area contributed by atoms with Crippen LogP contribution in [0.15, 0.2) is 27.1 Å². The van der Waals surface area contributed by atoms with Crippen molar-refractivity contribution in [3.05, 3.63) is 34.1 Å². The van der Waals surface area contributed by atoms with E-state index in [-0.39, 0.29) is 0 Å². The molecule has 1 N–H and O–H groups in total. The third-order valence-corrected chi connectivity index (χ3v) is 3.82. The molecule has 0 aliphatic heterocycles. The van der Waals surface area contributed by atoms with E-state index < -0.39 is 0 Å². The molecule has 2 rings (SSSR count). The van der Waals surface area contributed by atoms with E-state index in [4.69, 9.17) is 4.42 Å². The Morgan fingerprint density at radius 2 is 2.16 bits per heavy atom. The van der Waals surface area contributed by atoms with E-state index in [1.54, 1.807) is 0 Å². The number of halogens is 1. The number of nitrogens with one attached hydrogen (secondary N) is 1. The molecule has 0 saturated heterocycles. The highest BCUT2D eigenvalue weighted by Gasteiger charge is 2.11. The van der Waals surface area contributed by atoms with Crippen molar-refractivity contribution < 1.29 is 4.42 Å². The third-order valence-electron chi connectivity index (χ3n) is 2.96. The van der Waals surface area contributed by atoms with Crippen LogP contribution in [0.5, 0.6) is 0 Å². The fourth-order valence-electron chi connectivity index (χ4n) is 1.84. The van der Waals surface area contributed by atoms with Crippen LogP contribution in [0.3, 0.4) is 0 Å². The van der Waals surface area contributed by atoms with Crippen LogP contribution in [0.25, 0.3) is 11.5 Å². The van der Waals surface area contributed by atoms with Crippen LogP contribution in [0.4, 0.5) is 0 Å². The molecule has 102 valence electrons. The number of nitrogens with zero attached hydrogens (tertiary/aromatic N) is 2. The number of rotatable bonds is 6. The molecule has 2 aromatic rings. The molecule has 1 aromatic carbocycles. The highest BCUT2D eigenvalue weighted by molar-refractivity contribution is 9.10. The van der Waals surface area contributed by atoms with Gasteiger partial charge in [-0.05, 0) is 44.1 Å². The average molecular weight is 324 g/mol. The maximum atomic E-state index is 5.71. The van der Waals surface area contributed by atoms with Gasteiger partial charge in [-0.15, -0.1) is 10.2 Å². The lowest BCUT2D eigenvalue weighted by Gasteiger charge is -2.02. The summed E-state index contributed by atoms with van der Waals surface area (Å²) in [6.45, 7) is 6.10. The molecule has 1 heterocycles.